The summed E-state index contributed by atoms with van der Waals surface area (Å²) < 4.78 is 36.4. The predicted octanol–water partition coefficient (Wildman–Crippen LogP) is 3.66. The third-order valence-corrected chi connectivity index (χ3v) is 6.24. The average Bonchev–Trinajstić information content (AvgIpc) is 2.67. The zero-order valence-corrected chi connectivity index (χ0v) is 19.4. The third kappa shape index (κ3) is 6.17. The van der Waals surface area contributed by atoms with Crippen molar-refractivity contribution in [2.75, 3.05) is 30.8 Å². The number of methoxy groups -OCH3 is 1. The number of hydrogen-bond donors (Lipinski definition) is 1. The van der Waals surface area contributed by atoms with Crippen molar-refractivity contribution >= 4 is 44.8 Å². The lowest BCUT2D eigenvalue weighted by molar-refractivity contribution is -0.121. The van der Waals surface area contributed by atoms with Crippen molar-refractivity contribution in [3.8, 4) is 11.5 Å². The molecule has 0 heterocycles. The van der Waals surface area contributed by atoms with Gasteiger partial charge in [-0.05, 0) is 49.7 Å². The molecule has 2 rings (SSSR count). The second kappa shape index (κ2) is 10.2. The topological polar surface area (TPSA) is 84.9 Å². The van der Waals surface area contributed by atoms with Crippen molar-refractivity contribution in [3.05, 3.63) is 52.0 Å². The lowest BCUT2D eigenvalue weighted by Gasteiger charge is -2.28. The van der Waals surface area contributed by atoms with Crippen molar-refractivity contribution < 1.29 is 22.7 Å². The van der Waals surface area contributed by atoms with Crippen molar-refractivity contribution in [2.24, 2.45) is 0 Å². The predicted molar refractivity (Wildman–Crippen MR) is 119 cm³/mol. The lowest BCUT2D eigenvalue weighted by atomic mass is 10.2. The summed E-state index contributed by atoms with van der Waals surface area (Å²) in [6, 6.07) is 8.82. The first-order valence-electron chi connectivity index (χ1n) is 9.04. The van der Waals surface area contributed by atoms with E-state index in [9.17, 15) is 13.2 Å². The van der Waals surface area contributed by atoms with E-state index in [2.05, 4.69) is 5.32 Å². The molecule has 30 heavy (non-hydrogen) atoms. The van der Waals surface area contributed by atoms with E-state index in [1.54, 1.807) is 18.2 Å². The first kappa shape index (κ1) is 24.1. The van der Waals surface area contributed by atoms with Gasteiger partial charge in [0.15, 0.2) is 0 Å². The zero-order chi connectivity index (χ0) is 22.5. The molecule has 2 aromatic carbocycles. The molecule has 0 aliphatic rings. The molecule has 1 N–H and O–H groups in total. The van der Waals surface area contributed by atoms with Crippen LogP contribution < -0.4 is 19.1 Å². The number of amides is 1. The molecule has 164 valence electrons. The number of benzene rings is 2. The van der Waals surface area contributed by atoms with Gasteiger partial charge in [-0.25, -0.2) is 8.42 Å². The van der Waals surface area contributed by atoms with E-state index in [4.69, 9.17) is 32.7 Å². The van der Waals surface area contributed by atoms with Crippen molar-refractivity contribution in [2.45, 2.75) is 19.9 Å². The Morgan fingerprint density at radius 1 is 1.17 bits per heavy atom. The Hall–Kier alpha value is -2.16. The minimum absolute atomic E-state index is 0.190. The van der Waals surface area contributed by atoms with Crippen LogP contribution in [0.4, 0.5) is 5.69 Å². The van der Waals surface area contributed by atoms with Crippen LogP contribution in [-0.2, 0) is 14.8 Å². The van der Waals surface area contributed by atoms with Gasteiger partial charge in [0.1, 0.15) is 24.1 Å². The summed E-state index contributed by atoms with van der Waals surface area (Å²) in [5.41, 5.74) is 1.20. The van der Waals surface area contributed by atoms with Gasteiger partial charge in [0.05, 0.1) is 30.6 Å². The molecule has 0 radical (unpaired) electrons. The largest absolute Gasteiger partial charge is 0.495 e. The first-order valence-corrected chi connectivity index (χ1v) is 11.6. The molecule has 7 nitrogen and oxygen atoms in total. The van der Waals surface area contributed by atoms with Gasteiger partial charge in [-0.1, -0.05) is 29.3 Å². The molecule has 10 heteroatoms. The minimum atomic E-state index is -3.75. The minimum Gasteiger partial charge on any atom is -0.495 e. The highest BCUT2D eigenvalue weighted by molar-refractivity contribution is 7.92. The molecular weight excluding hydrogens is 451 g/mol. The monoisotopic (exact) mass is 474 g/mol. The number of hydrogen-bond acceptors (Lipinski definition) is 5. The summed E-state index contributed by atoms with van der Waals surface area (Å²) in [6.45, 7) is 3.77. The molecule has 0 bridgehead atoms. The van der Waals surface area contributed by atoms with Crippen molar-refractivity contribution in [1.82, 2.24) is 5.32 Å². The number of halogens is 2. The summed E-state index contributed by atoms with van der Waals surface area (Å²) in [7, 11) is -2.30. The summed E-state index contributed by atoms with van der Waals surface area (Å²) in [6.07, 6.45) is 1.03. The number of sulfonamides is 1. The SMILES string of the molecule is COc1ccc(N(C(C)C(=O)NCCOc2ccc(C)c(Cl)c2)S(C)(=O)=O)cc1Cl. The van der Waals surface area contributed by atoms with Crippen LogP contribution in [0.5, 0.6) is 11.5 Å². The highest BCUT2D eigenvalue weighted by Crippen LogP contribution is 2.31. The Labute approximate surface area is 186 Å². The Bertz CT molecular complexity index is 1010. The summed E-state index contributed by atoms with van der Waals surface area (Å²) in [4.78, 5) is 12.6. The number of nitrogens with one attached hydrogen (secondary N) is 1. The lowest BCUT2D eigenvalue weighted by Crippen LogP contribution is -2.48. The Morgan fingerprint density at radius 3 is 2.43 bits per heavy atom. The smallest absolute Gasteiger partial charge is 0.243 e. The summed E-state index contributed by atoms with van der Waals surface area (Å²) in [5.74, 6) is 0.510. The van der Waals surface area contributed by atoms with Gasteiger partial charge in [-0.2, -0.15) is 0 Å². The van der Waals surface area contributed by atoms with Crippen molar-refractivity contribution in [1.29, 1.82) is 0 Å². The highest BCUT2D eigenvalue weighted by atomic mass is 35.5. The van der Waals surface area contributed by atoms with Crippen LogP contribution in [0, 0.1) is 6.92 Å². The molecule has 0 fully saturated rings. The van der Waals surface area contributed by atoms with Crippen LogP contribution in [0.25, 0.3) is 0 Å². The molecule has 0 aliphatic carbocycles. The third-order valence-electron chi connectivity index (χ3n) is 4.29. The average molecular weight is 475 g/mol. The molecule has 0 aliphatic heterocycles. The molecular formula is C20H24Cl2N2O5S. The van der Waals surface area contributed by atoms with Gasteiger partial charge in [0.25, 0.3) is 0 Å². The van der Waals surface area contributed by atoms with Gasteiger partial charge in [-0.3, -0.25) is 9.10 Å². The van der Waals surface area contributed by atoms with E-state index in [0.29, 0.717) is 16.5 Å². The summed E-state index contributed by atoms with van der Waals surface area (Å²) in [5, 5.41) is 3.50. The number of ether oxygens (including phenoxy) is 2. The number of rotatable bonds is 9. The normalized spacial score (nSPS) is 12.2. The molecule has 2 aromatic rings. The number of nitrogens with zero attached hydrogens (tertiary/aromatic N) is 1. The first-order chi connectivity index (χ1) is 14.0. The van der Waals surface area contributed by atoms with E-state index in [0.717, 1.165) is 16.1 Å². The van der Waals surface area contributed by atoms with Gasteiger partial charge in [-0.15, -0.1) is 0 Å². The fraction of sp³-hybridized carbons (Fsp3) is 0.350. The van der Waals surface area contributed by atoms with Gasteiger partial charge < -0.3 is 14.8 Å². The fourth-order valence-electron chi connectivity index (χ4n) is 2.76. The molecule has 0 saturated heterocycles. The highest BCUT2D eigenvalue weighted by Gasteiger charge is 2.29. The van der Waals surface area contributed by atoms with Crippen LogP contribution in [-0.4, -0.2) is 46.9 Å². The van der Waals surface area contributed by atoms with Crippen LogP contribution >= 0.6 is 23.2 Å². The fourth-order valence-corrected chi connectivity index (χ4v) is 4.34. The molecule has 0 saturated carbocycles. The second-order valence-electron chi connectivity index (χ2n) is 6.60. The Balaban J connectivity index is 2.03. The van der Waals surface area contributed by atoms with E-state index >= 15 is 0 Å². The van der Waals surface area contributed by atoms with E-state index in [1.165, 1.54) is 26.2 Å². The van der Waals surface area contributed by atoms with Gasteiger partial charge >= 0.3 is 0 Å². The van der Waals surface area contributed by atoms with Crippen LogP contribution in [0.15, 0.2) is 36.4 Å². The zero-order valence-electron chi connectivity index (χ0n) is 17.1. The standard InChI is InChI=1S/C20H24Cl2N2O5S/c1-13-5-7-16(12-17(13)21)29-10-9-23-20(25)14(2)24(30(4,26)27)15-6-8-19(28-3)18(22)11-15/h5-8,11-12,14H,9-10H2,1-4H3,(H,23,25). The Morgan fingerprint density at radius 2 is 1.87 bits per heavy atom. The molecule has 1 atom stereocenters. The molecule has 0 aromatic heterocycles. The molecule has 1 amide bonds. The van der Waals surface area contributed by atoms with Gasteiger partial charge in [0, 0.05) is 5.02 Å². The quantitative estimate of drug-likeness (QED) is 0.560. The maximum absolute atomic E-state index is 12.6. The van der Waals surface area contributed by atoms with E-state index in [-0.39, 0.29) is 23.9 Å². The molecule has 1 unspecified atom stereocenters. The van der Waals surface area contributed by atoms with Gasteiger partial charge in [0.2, 0.25) is 15.9 Å². The van der Waals surface area contributed by atoms with E-state index < -0.39 is 22.0 Å². The van der Waals surface area contributed by atoms with E-state index in [1.807, 2.05) is 13.0 Å². The maximum atomic E-state index is 12.6. The maximum Gasteiger partial charge on any atom is 0.243 e. The number of anilines is 1. The number of aryl methyl sites for hydroxylation is 1. The Kier molecular flexibility index (Phi) is 8.23. The summed E-state index contributed by atoms with van der Waals surface area (Å²) >= 11 is 12.2. The second-order valence-corrected chi connectivity index (χ2v) is 9.28. The number of carbonyl (C=O) groups excluding carboxylic acids is 1. The van der Waals surface area contributed by atoms with Crippen LogP contribution in [0.1, 0.15) is 12.5 Å². The van der Waals surface area contributed by atoms with Crippen LogP contribution in [0.2, 0.25) is 10.0 Å². The van der Waals surface area contributed by atoms with Crippen molar-refractivity contribution in [3.63, 3.8) is 0 Å². The molecule has 0 spiro atoms. The van der Waals surface area contributed by atoms with Crippen LogP contribution in [0.3, 0.4) is 0 Å². The number of carbonyl (C=O) groups is 1.